The molecule has 0 fully saturated rings. The van der Waals surface area contributed by atoms with E-state index in [-0.39, 0.29) is 0 Å². The predicted octanol–water partition coefficient (Wildman–Crippen LogP) is 2.37. The molecular weight excluding hydrogens is 186 g/mol. The van der Waals surface area contributed by atoms with Crippen molar-refractivity contribution in [1.82, 2.24) is 5.32 Å². The van der Waals surface area contributed by atoms with E-state index in [2.05, 4.69) is 37.4 Å². The first kappa shape index (κ1) is 10.5. The molecule has 1 aromatic carbocycles. The number of hydrogen-bond donors (Lipinski definition) is 1. The summed E-state index contributed by atoms with van der Waals surface area (Å²) < 4.78 is 5.71. The summed E-state index contributed by atoms with van der Waals surface area (Å²) in [5.41, 5.74) is 2.85. The minimum atomic E-state index is 0.586. The second-order valence-corrected chi connectivity index (χ2v) is 4.56. The van der Waals surface area contributed by atoms with Crippen LogP contribution in [0.3, 0.4) is 0 Å². The van der Waals surface area contributed by atoms with Gasteiger partial charge in [0.25, 0.3) is 0 Å². The molecule has 0 bridgehead atoms. The molecule has 2 rings (SSSR count). The zero-order valence-corrected chi connectivity index (χ0v) is 9.55. The van der Waals surface area contributed by atoms with E-state index in [9.17, 15) is 0 Å². The van der Waals surface area contributed by atoms with Crippen LogP contribution in [0, 0.1) is 5.92 Å². The largest absolute Gasteiger partial charge is 0.493 e. The summed E-state index contributed by atoms with van der Waals surface area (Å²) in [5.74, 6) is 1.60. The summed E-state index contributed by atoms with van der Waals surface area (Å²) in [4.78, 5) is 0. The minimum absolute atomic E-state index is 0.586. The van der Waals surface area contributed by atoms with Gasteiger partial charge in [0, 0.05) is 6.54 Å². The van der Waals surface area contributed by atoms with Crippen LogP contribution < -0.4 is 10.1 Å². The van der Waals surface area contributed by atoms with Crippen molar-refractivity contribution in [3.05, 3.63) is 29.3 Å². The molecule has 0 aromatic heterocycles. The van der Waals surface area contributed by atoms with Crippen LogP contribution in [0.25, 0.3) is 0 Å². The smallest absolute Gasteiger partial charge is 0.119 e. The van der Waals surface area contributed by atoms with E-state index in [0.717, 1.165) is 31.9 Å². The predicted molar refractivity (Wildman–Crippen MR) is 62.2 cm³/mol. The molecule has 0 atom stereocenters. The third-order valence-corrected chi connectivity index (χ3v) is 2.65. The summed E-state index contributed by atoms with van der Waals surface area (Å²) in [6.07, 6.45) is 1.12. The zero-order valence-electron chi connectivity index (χ0n) is 9.55. The van der Waals surface area contributed by atoms with E-state index in [1.165, 1.54) is 11.1 Å². The Morgan fingerprint density at radius 1 is 1.33 bits per heavy atom. The maximum Gasteiger partial charge on any atom is 0.119 e. The average molecular weight is 205 g/mol. The molecule has 1 heterocycles. The van der Waals surface area contributed by atoms with E-state index >= 15 is 0 Å². The lowest BCUT2D eigenvalue weighted by molar-refractivity contribution is 0.270. The molecule has 1 aliphatic heterocycles. The normalized spacial score (nSPS) is 15.1. The van der Waals surface area contributed by atoms with Gasteiger partial charge in [-0.3, -0.25) is 0 Å². The van der Waals surface area contributed by atoms with Gasteiger partial charge in [-0.25, -0.2) is 0 Å². The fourth-order valence-corrected chi connectivity index (χ4v) is 1.81. The van der Waals surface area contributed by atoms with Crippen LogP contribution in [0.15, 0.2) is 18.2 Å². The first-order chi connectivity index (χ1) is 7.25. The molecule has 0 radical (unpaired) electrons. The summed E-state index contributed by atoms with van der Waals surface area (Å²) in [6.45, 7) is 7.22. The van der Waals surface area contributed by atoms with Crippen molar-refractivity contribution in [3.63, 3.8) is 0 Å². The molecule has 2 nitrogen and oxygen atoms in total. The highest BCUT2D eigenvalue weighted by Gasteiger charge is 2.09. The summed E-state index contributed by atoms with van der Waals surface area (Å²) in [6, 6.07) is 6.45. The Bertz CT molecular complexity index is 333. The fraction of sp³-hybridized carbons (Fsp3) is 0.538. The maximum atomic E-state index is 5.71. The van der Waals surface area contributed by atoms with Gasteiger partial charge in [0.2, 0.25) is 0 Å². The molecular formula is C13H19NO. The third-order valence-electron chi connectivity index (χ3n) is 2.65. The number of nitrogens with one attached hydrogen (secondary N) is 1. The van der Waals surface area contributed by atoms with E-state index in [4.69, 9.17) is 4.74 Å². The maximum absolute atomic E-state index is 5.71. The number of benzene rings is 1. The molecule has 2 heteroatoms. The highest BCUT2D eigenvalue weighted by molar-refractivity contribution is 5.37. The second kappa shape index (κ2) is 4.67. The molecule has 0 amide bonds. The summed E-state index contributed by atoms with van der Waals surface area (Å²) in [7, 11) is 0. The first-order valence-electron chi connectivity index (χ1n) is 5.71. The van der Waals surface area contributed by atoms with Gasteiger partial charge < -0.3 is 10.1 Å². The van der Waals surface area contributed by atoms with Crippen LogP contribution in [0.4, 0.5) is 0 Å². The van der Waals surface area contributed by atoms with E-state index in [1.807, 2.05) is 0 Å². The highest BCUT2D eigenvalue weighted by Crippen LogP contribution is 2.20. The van der Waals surface area contributed by atoms with E-state index in [1.54, 1.807) is 0 Å². The Morgan fingerprint density at radius 2 is 2.20 bits per heavy atom. The van der Waals surface area contributed by atoms with Crippen LogP contribution in [0.5, 0.6) is 5.75 Å². The molecule has 0 saturated carbocycles. The Morgan fingerprint density at radius 3 is 3.00 bits per heavy atom. The van der Waals surface area contributed by atoms with E-state index in [0.29, 0.717) is 5.92 Å². The molecule has 1 N–H and O–H groups in total. The van der Waals surface area contributed by atoms with Gasteiger partial charge in [-0.2, -0.15) is 0 Å². The van der Waals surface area contributed by atoms with Crippen molar-refractivity contribution in [1.29, 1.82) is 0 Å². The SMILES string of the molecule is CC(C)COc1ccc2c(c1)CCNC2. The molecule has 0 aliphatic carbocycles. The first-order valence-corrected chi connectivity index (χ1v) is 5.71. The monoisotopic (exact) mass is 205 g/mol. The van der Waals surface area contributed by atoms with Gasteiger partial charge >= 0.3 is 0 Å². The van der Waals surface area contributed by atoms with Gasteiger partial charge in [0.05, 0.1) is 6.61 Å². The molecule has 15 heavy (non-hydrogen) atoms. The molecule has 1 aliphatic rings. The molecule has 0 saturated heterocycles. The zero-order chi connectivity index (χ0) is 10.7. The van der Waals surface area contributed by atoms with Gasteiger partial charge in [-0.1, -0.05) is 19.9 Å². The van der Waals surface area contributed by atoms with Crippen molar-refractivity contribution in [2.24, 2.45) is 5.92 Å². The quantitative estimate of drug-likeness (QED) is 0.818. The number of fused-ring (bicyclic) bond motifs is 1. The molecule has 0 unspecified atom stereocenters. The van der Waals surface area contributed by atoms with Gasteiger partial charge in [-0.15, -0.1) is 0 Å². The molecule has 0 spiro atoms. The van der Waals surface area contributed by atoms with Crippen LogP contribution in [0.1, 0.15) is 25.0 Å². The Hall–Kier alpha value is -1.02. The second-order valence-electron chi connectivity index (χ2n) is 4.56. The average Bonchev–Trinajstić information content (AvgIpc) is 2.26. The number of hydrogen-bond acceptors (Lipinski definition) is 2. The van der Waals surface area contributed by atoms with Crippen molar-refractivity contribution >= 4 is 0 Å². The third kappa shape index (κ3) is 2.72. The van der Waals surface area contributed by atoms with Gasteiger partial charge in [0.15, 0.2) is 0 Å². The molecule has 1 aromatic rings. The Labute approximate surface area is 91.6 Å². The lowest BCUT2D eigenvalue weighted by Crippen LogP contribution is -2.23. The highest BCUT2D eigenvalue weighted by atomic mass is 16.5. The van der Waals surface area contributed by atoms with Crippen LogP contribution in [0.2, 0.25) is 0 Å². The fourth-order valence-electron chi connectivity index (χ4n) is 1.81. The lowest BCUT2D eigenvalue weighted by Gasteiger charge is -2.18. The van der Waals surface area contributed by atoms with Crippen molar-refractivity contribution < 1.29 is 4.74 Å². The number of rotatable bonds is 3. The summed E-state index contributed by atoms with van der Waals surface area (Å²) in [5, 5.41) is 3.37. The summed E-state index contributed by atoms with van der Waals surface area (Å²) >= 11 is 0. The van der Waals surface area contributed by atoms with Crippen molar-refractivity contribution in [3.8, 4) is 5.75 Å². The minimum Gasteiger partial charge on any atom is -0.493 e. The van der Waals surface area contributed by atoms with Crippen LogP contribution in [-0.2, 0) is 13.0 Å². The van der Waals surface area contributed by atoms with Crippen LogP contribution >= 0.6 is 0 Å². The van der Waals surface area contributed by atoms with Gasteiger partial charge in [-0.05, 0) is 42.1 Å². The van der Waals surface area contributed by atoms with Gasteiger partial charge in [0.1, 0.15) is 5.75 Å². The van der Waals surface area contributed by atoms with Crippen molar-refractivity contribution in [2.75, 3.05) is 13.2 Å². The molecule has 82 valence electrons. The standard InChI is InChI=1S/C13H19NO/c1-10(2)9-15-13-4-3-12-8-14-6-5-11(12)7-13/h3-4,7,10,14H,5-6,8-9H2,1-2H3. The topological polar surface area (TPSA) is 21.3 Å². The lowest BCUT2D eigenvalue weighted by atomic mass is 10.0. The van der Waals surface area contributed by atoms with Crippen molar-refractivity contribution in [2.45, 2.75) is 26.8 Å². The van der Waals surface area contributed by atoms with Crippen LogP contribution in [-0.4, -0.2) is 13.2 Å². The Balaban J connectivity index is 2.07. The van der Waals surface area contributed by atoms with E-state index < -0.39 is 0 Å². The Kier molecular flexibility index (Phi) is 3.27. The number of ether oxygens (including phenoxy) is 1.